The zero-order valence-corrected chi connectivity index (χ0v) is 23.6. The van der Waals surface area contributed by atoms with E-state index in [1.807, 2.05) is 67.6 Å². The molecule has 0 saturated heterocycles. The standard InChI is InChI=1S/C29H34N2O5S2/c1-5-17-31(38(33,34)19-16-24-9-7-6-8-10-24)22-29(32)30(21-26-13-11-23(2)37-26)18-15-25-12-14-27(35-3)28(20-25)36-4/h5-14,16,19-20H,1,15,17-18,21-22H2,2-4H3. The number of nitrogens with zero attached hydrogens (tertiary/aromatic N) is 2. The molecular formula is C29H34N2O5S2. The van der Waals surface area contributed by atoms with Gasteiger partial charge in [0.25, 0.3) is 0 Å². The van der Waals surface area contributed by atoms with Crippen molar-refractivity contribution in [2.45, 2.75) is 19.9 Å². The second-order valence-corrected chi connectivity index (χ2v) is 11.8. The molecule has 0 atom stereocenters. The summed E-state index contributed by atoms with van der Waals surface area (Å²) in [7, 11) is -0.694. The summed E-state index contributed by atoms with van der Waals surface area (Å²) >= 11 is 1.62. The van der Waals surface area contributed by atoms with Crippen molar-refractivity contribution in [1.29, 1.82) is 0 Å². The highest BCUT2D eigenvalue weighted by Gasteiger charge is 2.25. The highest BCUT2D eigenvalue weighted by Crippen LogP contribution is 2.28. The predicted molar refractivity (Wildman–Crippen MR) is 154 cm³/mol. The summed E-state index contributed by atoms with van der Waals surface area (Å²) in [4.78, 5) is 17.4. The summed E-state index contributed by atoms with van der Waals surface area (Å²) in [5.74, 6) is 0.965. The van der Waals surface area contributed by atoms with Crippen LogP contribution in [0.2, 0.25) is 0 Å². The Bertz CT molecular complexity index is 1350. The lowest BCUT2D eigenvalue weighted by Crippen LogP contribution is -2.42. The van der Waals surface area contributed by atoms with E-state index in [1.54, 1.807) is 30.5 Å². The van der Waals surface area contributed by atoms with Crippen LogP contribution in [0.3, 0.4) is 0 Å². The SMILES string of the molecule is C=CCN(CC(=O)N(CCc1ccc(OC)c(OC)c1)Cc1ccc(C)s1)S(=O)(=O)C=Cc1ccccc1. The molecule has 9 heteroatoms. The van der Waals surface area contributed by atoms with Crippen LogP contribution in [-0.4, -0.2) is 57.4 Å². The van der Waals surface area contributed by atoms with Gasteiger partial charge in [-0.25, -0.2) is 8.42 Å². The fraction of sp³-hybridized carbons (Fsp3) is 0.276. The van der Waals surface area contributed by atoms with Crippen molar-refractivity contribution in [3.63, 3.8) is 0 Å². The molecule has 3 rings (SSSR count). The first-order chi connectivity index (χ1) is 18.2. The molecule has 0 fully saturated rings. The molecule has 202 valence electrons. The minimum Gasteiger partial charge on any atom is -0.493 e. The number of carbonyl (C=O) groups is 1. The summed E-state index contributed by atoms with van der Waals surface area (Å²) in [6, 6.07) is 18.8. The maximum Gasteiger partial charge on any atom is 0.238 e. The van der Waals surface area contributed by atoms with Crippen molar-refractivity contribution in [2.75, 3.05) is 33.9 Å². The van der Waals surface area contributed by atoms with Crippen LogP contribution >= 0.6 is 11.3 Å². The third kappa shape index (κ3) is 8.31. The topological polar surface area (TPSA) is 76.2 Å². The number of hydrogen-bond acceptors (Lipinski definition) is 6. The Kier molecular flexibility index (Phi) is 10.7. The van der Waals surface area contributed by atoms with Crippen molar-refractivity contribution < 1.29 is 22.7 Å². The van der Waals surface area contributed by atoms with Crippen LogP contribution in [0.15, 0.2) is 78.7 Å². The average molecular weight is 555 g/mol. The Morgan fingerprint density at radius 2 is 1.76 bits per heavy atom. The number of rotatable bonds is 14. The van der Waals surface area contributed by atoms with Gasteiger partial charge < -0.3 is 14.4 Å². The first-order valence-electron chi connectivity index (χ1n) is 12.1. The minimum atomic E-state index is -3.86. The highest BCUT2D eigenvalue weighted by molar-refractivity contribution is 7.92. The van der Waals surface area contributed by atoms with E-state index >= 15 is 0 Å². The fourth-order valence-electron chi connectivity index (χ4n) is 3.82. The molecule has 1 aromatic heterocycles. The molecule has 0 bridgehead atoms. The number of benzene rings is 2. The molecule has 1 amide bonds. The van der Waals surface area contributed by atoms with Crippen LogP contribution in [0.4, 0.5) is 0 Å². The zero-order valence-electron chi connectivity index (χ0n) is 22.0. The van der Waals surface area contributed by atoms with E-state index in [2.05, 4.69) is 6.58 Å². The first-order valence-corrected chi connectivity index (χ1v) is 14.5. The minimum absolute atomic E-state index is 0.0227. The molecule has 0 aliphatic carbocycles. The van der Waals surface area contributed by atoms with Gasteiger partial charge in [0.2, 0.25) is 15.9 Å². The normalized spacial score (nSPS) is 11.6. The molecule has 0 aliphatic heterocycles. The summed E-state index contributed by atoms with van der Waals surface area (Å²) in [5.41, 5.74) is 1.73. The summed E-state index contributed by atoms with van der Waals surface area (Å²) in [6.45, 7) is 6.24. The molecule has 1 heterocycles. The van der Waals surface area contributed by atoms with Crippen LogP contribution in [0.25, 0.3) is 6.08 Å². The molecular weight excluding hydrogens is 520 g/mol. The van der Waals surface area contributed by atoms with Crippen LogP contribution < -0.4 is 9.47 Å². The van der Waals surface area contributed by atoms with Crippen LogP contribution in [0.1, 0.15) is 20.9 Å². The Labute approximate surface area is 229 Å². The second kappa shape index (κ2) is 13.9. The molecule has 0 radical (unpaired) electrons. The lowest BCUT2D eigenvalue weighted by atomic mass is 10.1. The Morgan fingerprint density at radius 3 is 2.39 bits per heavy atom. The van der Waals surface area contributed by atoms with E-state index in [-0.39, 0.29) is 19.0 Å². The van der Waals surface area contributed by atoms with Gasteiger partial charge in [0.05, 0.1) is 27.3 Å². The van der Waals surface area contributed by atoms with E-state index in [0.29, 0.717) is 31.0 Å². The number of carbonyl (C=O) groups excluding carboxylic acids is 1. The Balaban J connectivity index is 1.79. The lowest BCUT2D eigenvalue weighted by Gasteiger charge is -2.26. The van der Waals surface area contributed by atoms with E-state index < -0.39 is 10.0 Å². The van der Waals surface area contributed by atoms with Crippen molar-refractivity contribution in [3.05, 3.63) is 99.6 Å². The molecule has 0 saturated carbocycles. The van der Waals surface area contributed by atoms with Gasteiger partial charge in [-0.3, -0.25) is 4.79 Å². The molecule has 7 nitrogen and oxygen atoms in total. The van der Waals surface area contributed by atoms with E-state index in [1.165, 1.54) is 12.2 Å². The van der Waals surface area contributed by atoms with Crippen molar-refractivity contribution in [1.82, 2.24) is 9.21 Å². The first kappa shape index (κ1) is 29.2. The monoisotopic (exact) mass is 554 g/mol. The predicted octanol–water partition coefficient (Wildman–Crippen LogP) is 5.13. The Morgan fingerprint density at radius 1 is 1.03 bits per heavy atom. The smallest absolute Gasteiger partial charge is 0.238 e. The van der Waals surface area contributed by atoms with Crippen LogP contribution in [-0.2, 0) is 27.8 Å². The van der Waals surface area contributed by atoms with Gasteiger partial charge in [-0.2, -0.15) is 4.31 Å². The van der Waals surface area contributed by atoms with Gasteiger partial charge in [-0.1, -0.05) is 42.5 Å². The van der Waals surface area contributed by atoms with Gasteiger partial charge in [-0.05, 0) is 54.8 Å². The Hall–Kier alpha value is -3.40. The maximum atomic E-state index is 13.5. The molecule has 0 spiro atoms. The van der Waals surface area contributed by atoms with E-state index in [0.717, 1.165) is 30.6 Å². The quantitative estimate of drug-likeness (QED) is 0.258. The third-order valence-corrected chi connectivity index (χ3v) is 8.31. The summed E-state index contributed by atoms with van der Waals surface area (Å²) in [6.07, 6.45) is 3.58. The average Bonchev–Trinajstić information content (AvgIpc) is 3.34. The third-order valence-electron chi connectivity index (χ3n) is 5.85. The molecule has 2 aromatic carbocycles. The molecule has 0 aliphatic rings. The van der Waals surface area contributed by atoms with Crippen LogP contribution in [0, 0.1) is 6.92 Å². The number of hydrogen-bond donors (Lipinski definition) is 0. The van der Waals surface area contributed by atoms with Crippen LogP contribution in [0.5, 0.6) is 11.5 Å². The van der Waals surface area contributed by atoms with Gasteiger partial charge in [0.1, 0.15) is 0 Å². The fourth-order valence-corrected chi connectivity index (χ4v) is 5.83. The van der Waals surface area contributed by atoms with Crippen molar-refractivity contribution in [2.24, 2.45) is 0 Å². The van der Waals surface area contributed by atoms with Gasteiger partial charge in [0, 0.05) is 28.3 Å². The highest BCUT2D eigenvalue weighted by atomic mass is 32.2. The largest absolute Gasteiger partial charge is 0.493 e. The van der Waals surface area contributed by atoms with Gasteiger partial charge >= 0.3 is 0 Å². The lowest BCUT2D eigenvalue weighted by molar-refractivity contribution is -0.131. The number of aryl methyl sites for hydroxylation is 1. The van der Waals surface area contributed by atoms with Crippen molar-refractivity contribution in [3.8, 4) is 11.5 Å². The van der Waals surface area contributed by atoms with Gasteiger partial charge in [-0.15, -0.1) is 17.9 Å². The summed E-state index contributed by atoms with van der Waals surface area (Å²) in [5, 5.41) is 1.13. The van der Waals surface area contributed by atoms with Gasteiger partial charge in [0.15, 0.2) is 11.5 Å². The maximum absolute atomic E-state index is 13.5. The molecule has 3 aromatic rings. The number of ether oxygens (including phenoxy) is 2. The second-order valence-electron chi connectivity index (χ2n) is 8.61. The van der Waals surface area contributed by atoms with Crippen molar-refractivity contribution >= 4 is 33.3 Å². The zero-order chi connectivity index (χ0) is 27.5. The number of sulfonamides is 1. The number of thiophene rings is 1. The van der Waals surface area contributed by atoms with E-state index in [4.69, 9.17) is 9.47 Å². The van der Waals surface area contributed by atoms with E-state index in [9.17, 15) is 13.2 Å². The molecule has 0 unspecified atom stereocenters. The number of amides is 1. The molecule has 38 heavy (non-hydrogen) atoms. The number of methoxy groups -OCH3 is 2. The summed E-state index contributed by atoms with van der Waals surface area (Å²) < 4.78 is 38.1. The molecule has 0 N–H and O–H groups in total.